The van der Waals surface area contributed by atoms with Gasteiger partial charge >= 0.3 is 0 Å². The first kappa shape index (κ1) is 14.9. The minimum Gasteiger partial charge on any atom is -0.326 e. The standard InChI is InChI=1S/C17H18Cl2N2/c18-15-8-4-7-13(17(15)19)14-10-21(11-16(14)20)9-12-5-2-1-3-6-12/h1-8,14,16H,9-11,20H2. The molecule has 2 aromatic rings. The van der Waals surface area contributed by atoms with Gasteiger partial charge in [0, 0.05) is 31.6 Å². The average molecular weight is 321 g/mol. The van der Waals surface area contributed by atoms with Gasteiger partial charge in [-0.05, 0) is 17.2 Å². The molecule has 0 aliphatic carbocycles. The summed E-state index contributed by atoms with van der Waals surface area (Å²) in [5.74, 6) is 0.236. The maximum Gasteiger partial charge on any atom is 0.0628 e. The molecule has 21 heavy (non-hydrogen) atoms. The van der Waals surface area contributed by atoms with E-state index in [1.54, 1.807) is 0 Å². The van der Waals surface area contributed by atoms with Crippen LogP contribution in [0.15, 0.2) is 48.5 Å². The predicted molar refractivity (Wildman–Crippen MR) is 88.9 cm³/mol. The number of rotatable bonds is 3. The van der Waals surface area contributed by atoms with E-state index in [4.69, 9.17) is 28.9 Å². The van der Waals surface area contributed by atoms with E-state index in [9.17, 15) is 0 Å². The van der Waals surface area contributed by atoms with Gasteiger partial charge in [0.05, 0.1) is 10.0 Å². The van der Waals surface area contributed by atoms with Crippen LogP contribution in [0.3, 0.4) is 0 Å². The number of likely N-dealkylation sites (tertiary alicyclic amines) is 1. The lowest BCUT2D eigenvalue weighted by atomic mass is 9.95. The van der Waals surface area contributed by atoms with Gasteiger partial charge in [-0.1, -0.05) is 65.7 Å². The molecule has 0 radical (unpaired) electrons. The highest BCUT2D eigenvalue weighted by atomic mass is 35.5. The molecular weight excluding hydrogens is 303 g/mol. The molecule has 1 saturated heterocycles. The second kappa shape index (κ2) is 6.37. The predicted octanol–water partition coefficient (Wildman–Crippen LogP) is 3.92. The van der Waals surface area contributed by atoms with Crippen LogP contribution < -0.4 is 5.73 Å². The molecular formula is C17H18Cl2N2. The Labute approximate surface area is 135 Å². The molecule has 2 unspecified atom stereocenters. The maximum atomic E-state index is 6.34. The highest BCUT2D eigenvalue weighted by Crippen LogP contribution is 2.35. The number of halogens is 2. The minimum atomic E-state index is 0.0877. The molecule has 0 saturated carbocycles. The minimum absolute atomic E-state index is 0.0877. The van der Waals surface area contributed by atoms with Crippen LogP contribution in [0.5, 0.6) is 0 Å². The lowest BCUT2D eigenvalue weighted by Crippen LogP contribution is -2.28. The van der Waals surface area contributed by atoms with Gasteiger partial charge in [0.1, 0.15) is 0 Å². The summed E-state index contributed by atoms with van der Waals surface area (Å²) in [6, 6.07) is 16.3. The van der Waals surface area contributed by atoms with Gasteiger partial charge in [-0.3, -0.25) is 4.90 Å². The van der Waals surface area contributed by atoms with Crippen molar-refractivity contribution in [1.29, 1.82) is 0 Å². The van der Waals surface area contributed by atoms with Crippen molar-refractivity contribution in [3.05, 3.63) is 69.7 Å². The van der Waals surface area contributed by atoms with Crippen molar-refractivity contribution in [3.63, 3.8) is 0 Å². The van der Waals surface area contributed by atoms with Crippen LogP contribution in [-0.4, -0.2) is 24.0 Å². The SMILES string of the molecule is NC1CN(Cc2ccccc2)CC1c1cccc(Cl)c1Cl. The molecule has 1 heterocycles. The molecule has 2 N–H and O–H groups in total. The van der Waals surface area contributed by atoms with Crippen molar-refractivity contribution in [2.45, 2.75) is 18.5 Å². The normalized spacial score (nSPS) is 22.6. The third-order valence-electron chi connectivity index (χ3n) is 4.07. The van der Waals surface area contributed by atoms with E-state index in [1.165, 1.54) is 5.56 Å². The quantitative estimate of drug-likeness (QED) is 0.928. The fourth-order valence-electron chi connectivity index (χ4n) is 3.02. The first-order chi connectivity index (χ1) is 10.1. The van der Waals surface area contributed by atoms with Gasteiger partial charge in [-0.2, -0.15) is 0 Å². The second-order valence-corrected chi connectivity index (χ2v) is 6.38. The summed E-state index contributed by atoms with van der Waals surface area (Å²) < 4.78 is 0. The van der Waals surface area contributed by atoms with Crippen LogP contribution in [0.25, 0.3) is 0 Å². The second-order valence-electron chi connectivity index (χ2n) is 5.59. The van der Waals surface area contributed by atoms with E-state index in [0.717, 1.165) is 25.2 Å². The van der Waals surface area contributed by atoms with Crippen molar-refractivity contribution in [2.75, 3.05) is 13.1 Å². The average Bonchev–Trinajstić information content (AvgIpc) is 2.83. The van der Waals surface area contributed by atoms with Gasteiger partial charge < -0.3 is 5.73 Å². The van der Waals surface area contributed by atoms with Crippen LogP contribution in [0.4, 0.5) is 0 Å². The Morgan fingerprint density at radius 1 is 1.00 bits per heavy atom. The molecule has 0 bridgehead atoms. The van der Waals surface area contributed by atoms with Crippen molar-refractivity contribution < 1.29 is 0 Å². The summed E-state index contributed by atoms with van der Waals surface area (Å²) in [6.45, 7) is 2.71. The zero-order chi connectivity index (χ0) is 14.8. The van der Waals surface area contributed by atoms with E-state index in [0.29, 0.717) is 10.0 Å². The van der Waals surface area contributed by atoms with E-state index in [2.05, 4.69) is 29.2 Å². The smallest absolute Gasteiger partial charge is 0.0628 e. The van der Waals surface area contributed by atoms with Crippen LogP contribution in [0.2, 0.25) is 10.0 Å². The number of nitrogens with two attached hydrogens (primary N) is 1. The first-order valence-electron chi connectivity index (χ1n) is 7.11. The van der Waals surface area contributed by atoms with Gasteiger partial charge in [-0.15, -0.1) is 0 Å². The summed E-state index contributed by atoms with van der Waals surface area (Å²) in [6.07, 6.45) is 0. The third kappa shape index (κ3) is 3.24. The lowest BCUT2D eigenvalue weighted by molar-refractivity contribution is 0.324. The largest absolute Gasteiger partial charge is 0.326 e. The number of hydrogen-bond acceptors (Lipinski definition) is 2. The zero-order valence-electron chi connectivity index (χ0n) is 11.7. The van der Waals surface area contributed by atoms with Crippen LogP contribution in [0, 0.1) is 0 Å². The molecule has 1 aliphatic heterocycles. The summed E-state index contributed by atoms with van der Waals surface area (Å²) in [5.41, 5.74) is 8.70. The molecule has 1 aliphatic rings. The zero-order valence-corrected chi connectivity index (χ0v) is 13.2. The molecule has 0 aromatic heterocycles. The molecule has 2 atom stereocenters. The lowest BCUT2D eigenvalue weighted by Gasteiger charge is -2.17. The molecule has 1 fully saturated rings. The topological polar surface area (TPSA) is 29.3 Å². The van der Waals surface area contributed by atoms with Crippen molar-refractivity contribution in [2.24, 2.45) is 5.73 Å². The maximum absolute atomic E-state index is 6.34. The molecule has 3 rings (SSSR count). The third-order valence-corrected chi connectivity index (χ3v) is 4.90. The van der Waals surface area contributed by atoms with Gasteiger partial charge in [0.15, 0.2) is 0 Å². The highest BCUT2D eigenvalue weighted by Gasteiger charge is 2.32. The van der Waals surface area contributed by atoms with E-state index >= 15 is 0 Å². The Balaban J connectivity index is 1.76. The van der Waals surface area contributed by atoms with Crippen molar-refractivity contribution in [3.8, 4) is 0 Å². The van der Waals surface area contributed by atoms with Gasteiger partial charge in [0.25, 0.3) is 0 Å². The van der Waals surface area contributed by atoms with E-state index in [1.807, 2.05) is 24.3 Å². The Morgan fingerprint density at radius 2 is 1.76 bits per heavy atom. The molecule has 2 aromatic carbocycles. The van der Waals surface area contributed by atoms with Crippen molar-refractivity contribution >= 4 is 23.2 Å². The number of nitrogens with zero attached hydrogens (tertiary/aromatic N) is 1. The van der Waals surface area contributed by atoms with Gasteiger partial charge in [-0.25, -0.2) is 0 Å². The van der Waals surface area contributed by atoms with E-state index < -0.39 is 0 Å². The summed E-state index contributed by atoms with van der Waals surface area (Å²) >= 11 is 12.5. The van der Waals surface area contributed by atoms with Crippen LogP contribution in [0.1, 0.15) is 17.0 Å². The summed E-state index contributed by atoms with van der Waals surface area (Å²) in [5, 5.41) is 1.24. The molecule has 110 valence electrons. The van der Waals surface area contributed by atoms with Gasteiger partial charge in [0.2, 0.25) is 0 Å². The van der Waals surface area contributed by atoms with Crippen molar-refractivity contribution in [1.82, 2.24) is 4.90 Å². The number of benzene rings is 2. The fourth-order valence-corrected chi connectivity index (χ4v) is 3.47. The Morgan fingerprint density at radius 3 is 2.52 bits per heavy atom. The molecule has 4 heteroatoms. The number of hydrogen-bond donors (Lipinski definition) is 1. The Hall–Kier alpha value is -1.06. The fraction of sp³-hybridized carbons (Fsp3) is 0.294. The first-order valence-corrected chi connectivity index (χ1v) is 7.86. The van der Waals surface area contributed by atoms with Crippen LogP contribution in [-0.2, 0) is 6.54 Å². The summed E-state index contributed by atoms with van der Waals surface area (Å²) in [4.78, 5) is 2.38. The highest BCUT2D eigenvalue weighted by molar-refractivity contribution is 6.42. The molecule has 0 spiro atoms. The van der Waals surface area contributed by atoms with Crippen LogP contribution >= 0.6 is 23.2 Å². The van der Waals surface area contributed by atoms with E-state index in [-0.39, 0.29) is 12.0 Å². The Kier molecular flexibility index (Phi) is 4.51. The molecule has 2 nitrogen and oxygen atoms in total. The molecule has 0 amide bonds. The Bertz CT molecular complexity index is 615. The summed E-state index contributed by atoms with van der Waals surface area (Å²) in [7, 11) is 0. The monoisotopic (exact) mass is 320 g/mol.